The van der Waals surface area contributed by atoms with Crippen molar-refractivity contribution in [3.8, 4) is 11.5 Å². The van der Waals surface area contributed by atoms with Crippen LogP contribution < -0.4 is 25.2 Å². The lowest BCUT2D eigenvalue weighted by molar-refractivity contribution is -0.818. The molecule has 102 valence electrons. The molecule has 1 saturated heterocycles. The topological polar surface area (TPSA) is 57.0 Å². The quantitative estimate of drug-likeness (QED) is 0.667. The minimum absolute atomic E-state index is 0.113. The summed E-state index contributed by atoms with van der Waals surface area (Å²) in [6, 6.07) is 3.68. The molecule has 4 heteroatoms. The highest BCUT2D eigenvalue weighted by Crippen LogP contribution is 2.27. The van der Waals surface area contributed by atoms with Gasteiger partial charge in [0.25, 0.3) is 0 Å². The summed E-state index contributed by atoms with van der Waals surface area (Å²) in [6.45, 7) is 1.02. The normalized spacial score (nSPS) is 26.1. The van der Waals surface area contributed by atoms with Crippen molar-refractivity contribution in [3.63, 3.8) is 0 Å². The standard InChI is InChI=1S/C16H15NO3/c1-20-15-5-10-8-17-3-2-9-4-11(18)6-13(16(9)17)12(10)7-14(15)19/h4-8,16,18-19H,2-3H2,1H3. The van der Waals surface area contributed by atoms with Gasteiger partial charge in [-0.1, -0.05) is 11.8 Å². The number of benzene rings is 1. The first-order chi connectivity index (χ1) is 9.67. The molecule has 1 aromatic carbocycles. The van der Waals surface area contributed by atoms with Crippen LogP contribution in [0.4, 0.5) is 0 Å². The summed E-state index contributed by atoms with van der Waals surface area (Å²) in [5.41, 5.74) is 2.30. The van der Waals surface area contributed by atoms with E-state index < -0.39 is 0 Å². The molecule has 2 N–H and O–H groups in total. The Labute approximate surface area is 116 Å². The van der Waals surface area contributed by atoms with Crippen molar-refractivity contribution in [1.82, 2.24) is 0 Å². The number of allylic oxidation sites excluding steroid dienone is 1. The van der Waals surface area contributed by atoms with Gasteiger partial charge < -0.3 is 14.9 Å². The van der Waals surface area contributed by atoms with Crippen LogP contribution in [0.1, 0.15) is 6.42 Å². The van der Waals surface area contributed by atoms with Crippen molar-refractivity contribution in [3.05, 3.63) is 46.1 Å². The number of ether oxygens (including phenoxy) is 1. The second-order valence-electron chi connectivity index (χ2n) is 5.49. The molecule has 0 radical (unpaired) electrons. The van der Waals surface area contributed by atoms with Crippen molar-refractivity contribution in [2.75, 3.05) is 13.7 Å². The molecule has 0 aromatic heterocycles. The van der Waals surface area contributed by atoms with Gasteiger partial charge in [0, 0.05) is 22.8 Å². The van der Waals surface area contributed by atoms with E-state index in [1.807, 2.05) is 6.08 Å². The van der Waals surface area contributed by atoms with Gasteiger partial charge in [0.05, 0.1) is 13.7 Å². The van der Waals surface area contributed by atoms with Crippen LogP contribution in [0.2, 0.25) is 0 Å². The van der Waals surface area contributed by atoms with Crippen LogP contribution in [0.5, 0.6) is 11.5 Å². The fourth-order valence-corrected chi connectivity index (χ4v) is 3.54. The number of aliphatic hydroxyl groups excluding tert-OH is 1. The molecular formula is C16H15NO3. The highest BCUT2D eigenvalue weighted by Gasteiger charge is 2.38. The third kappa shape index (κ3) is 1.45. The van der Waals surface area contributed by atoms with Crippen LogP contribution in [0.3, 0.4) is 0 Å². The first kappa shape index (κ1) is 11.6. The lowest BCUT2D eigenvalue weighted by Crippen LogP contribution is -3.10. The maximum Gasteiger partial charge on any atom is 0.140 e. The van der Waals surface area contributed by atoms with Crippen molar-refractivity contribution >= 4 is 11.8 Å². The Bertz CT molecular complexity index is 789. The monoisotopic (exact) mass is 269 g/mol. The molecule has 4 rings (SSSR count). The number of quaternary nitrogens is 1. The Morgan fingerprint density at radius 2 is 2.20 bits per heavy atom. The molecular weight excluding hydrogens is 254 g/mol. The van der Waals surface area contributed by atoms with Crippen molar-refractivity contribution in [2.45, 2.75) is 12.5 Å². The third-order valence-corrected chi connectivity index (χ3v) is 4.38. The minimum Gasteiger partial charge on any atom is -0.870 e. The zero-order chi connectivity index (χ0) is 13.9. The van der Waals surface area contributed by atoms with Crippen molar-refractivity contribution in [2.24, 2.45) is 0 Å². The van der Waals surface area contributed by atoms with Crippen LogP contribution in [0.15, 0.2) is 35.6 Å². The van der Waals surface area contributed by atoms with Gasteiger partial charge in [-0.15, -0.1) is 0 Å². The van der Waals surface area contributed by atoms with Gasteiger partial charge in [0.2, 0.25) is 0 Å². The molecule has 1 aromatic rings. The number of nitrogens with one attached hydrogen (secondary N) is 1. The van der Waals surface area contributed by atoms with Gasteiger partial charge in [-0.3, -0.25) is 4.90 Å². The second-order valence-corrected chi connectivity index (χ2v) is 5.49. The molecule has 2 atom stereocenters. The van der Waals surface area contributed by atoms with Crippen LogP contribution >= 0.6 is 0 Å². The predicted octanol–water partition coefficient (Wildman–Crippen LogP) is -1.29. The summed E-state index contributed by atoms with van der Waals surface area (Å²) in [6.07, 6.45) is 6.80. The molecule has 2 unspecified atom stereocenters. The lowest BCUT2D eigenvalue weighted by Gasteiger charge is -2.26. The van der Waals surface area contributed by atoms with E-state index in [2.05, 4.69) is 6.20 Å². The van der Waals surface area contributed by atoms with Crippen molar-refractivity contribution in [1.29, 1.82) is 0 Å². The summed E-state index contributed by atoms with van der Waals surface area (Å²) < 4.78 is 5.12. The second kappa shape index (κ2) is 3.90. The molecule has 0 spiro atoms. The van der Waals surface area contributed by atoms with Gasteiger partial charge in [-0.2, -0.15) is 0 Å². The van der Waals surface area contributed by atoms with E-state index in [4.69, 9.17) is 4.74 Å². The van der Waals surface area contributed by atoms with E-state index >= 15 is 0 Å². The van der Waals surface area contributed by atoms with Crippen LogP contribution in [-0.2, 0) is 0 Å². The Morgan fingerprint density at radius 3 is 3.00 bits per heavy atom. The minimum atomic E-state index is -0.113. The zero-order valence-electron chi connectivity index (χ0n) is 11.1. The highest BCUT2D eigenvalue weighted by atomic mass is 16.5. The summed E-state index contributed by atoms with van der Waals surface area (Å²) >= 11 is 0. The Balaban J connectivity index is 2.09. The van der Waals surface area contributed by atoms with E-state index in [1.54, 1.807) is 18.2 Å². The third-order valence-electron chi connectivity index (χ3n) is 4.38. The predicted molar refractivity (Wildman–Crippen MR) is 72.6 cm³/mol. The highest BCUT2D eigenvalue weighted by molar-refractivity contribution is 5.71. The maximum atomic E-state index is 12.0. The summed E-state index contributed by atoms with van der Waals surface area (Å²) in [7, 11) is 1.51. The Morgan fingerprint density at radius 1 is 1.35 bits per heavy atom. The van der Waals surface area contributed by atoms with E-state index in [-0.39, 0.29) is 17.6 Å². The van der Waals surface area contributed by atoms with Crippen molar-refractivity contribution < 1.29 is 19.8 Å². The average Bonchev–Trinajstić information content (AvgIpc) is 2.82. The lowest BCUT2D eigenvalue weighted by atomic mass is 9.90. The van der Waals surface area contributed by atoms with Crippen LogP contribution in [-0.4, -0.2) is 24.8 Å². The molecule has 0 saturated carbocycles. The number of hydrogen-bond donors (Lipinski definition) is 2. The number of aliphatic hydroxyl groups is 1. The van der Waals surface area contributed by atoms with Gasteiger partial charge in [-0.25, -0.2) is 0 Å². The van der Waals surface area contributed by atoms with Gasteiger partial charge in [0.1, 0.15) is 23.8 Å². The molecule has 20 heavy (non-hydrogen) atoms. The number of methoxy groups -OCH3 is 1. The molecule has 1 fully saturated rings. The average molecular weight is 269 g/mol. The molecule has 2 aliphatic heterocycles. The van der Waals surface area contributed by atoms with Gasteiger partial charge >= 0.3 is 0 Å². The number of fused-ring (bicyclic) bond motifs is 1. The summed E-state index contributed by atoms with van der Waals surface area (Å²) in [5.74, 6) is 0.540. The van der Waals surface area contributed by atoms with E-state index in [9.17, 15) is 10.2 Å². The first-order valence-corrected chi connectivity index (χ1v) is 6.75. The fourth-order valence-electron chi connectivity index (χ4n) is 3.54. The van der Waals surface area contributed by atoms with E-state index in [0.29, 0.717) is 5.75 Å². The van der Waals surface area contributed by atoms with E-state index in [0.717, 1.165) is 29.0 Å². The Hall–Kier alpha value is -2.20. The Kier molecular flexibility index (Phi) is 2.26. The van der Waals surface area contributed by atoms with E-state index in [1.165, 1.54) is 17.6 Å². The molecule has 2 heterocycles. The smallest absolute Gasteiger partial charge is 0.140 e. The molecule has 3 aliphatic rings. The zero-order valence-corrected chi connectivity index (χ0v) is 11.1. The van der Waals surface area contributed by atoms with Crippen LogP contribution in [0, 0.1) is 0 Å². The largest absolute Gasteiger partial charge is 0.870 e. The fraction of sp³-hybridized carbons (Fsp3) is 0.250. The molecule has 0 bridgehead atoms. The van der Waals surface area contributed by atoms with Gasteiger partial charge in [-0.05, 0) is 23.4 Å². The van der Waals surface area contributed by atoms with Crippen LogP contribution in [0.25, 0.3) is 11.8 Å². The number of rotatable bonds is 1. The van der Waals surface area contributed by atoms with Gasteiger partial charge in [0.15, 0.2) is 0 Å². The molecule has 4 nitrogen and oxygen atoms in total. The molecule has 0 amide bonds. The number of hydrogen-bond acceptors (Lipinski definition) is 3. The first-order valence-electron chi connectivity index (χ1n) is 6.75. The SMILES string of the molecule is COc1cc2c(cc1[O-])=C1C=C(O)C=C3CC[NH+](C=2)C31. The molecule has 1 aliphatic carbocycles. The summed E-state index contributed by atoms with van der Waals surface area (Å²) in [5, 5.41) is 23.8. The maximum absolute atomic E-state index is 12.0. The summed E-state index contributed by atoms with van der Waals surface area (Å²) in [4.78, 5) is 1.36.